The minimum atomic E-state index is -4.26. The van der Waals surface area contributed by atoms with E-state index in [9.17, 15) is 18.0 Å². The number of aryl methyl sites for hydroxylation is 1. The molecular formula is C34H35Cl2N3O5S. The standard InChI is InChI=1S/C34H35Cl2N3O5S/c1-4-37-34(41)31(20-25-8-6-5-7-9-25)38(22-26-12-14-27(35)15-13-26)33(40)23-39(28-16-19-32(44-3)30(36)21-28)45(42,43)29-17-10-24(2)11-18-29/h5-19,21,31H,4,20,22-23H2,1-3H3,(H,37,41). The largest absolute Gasteiger partial charge is 0.495 e. The van der Waals surface area contributed by atoms with Crippen LogP contribution in [0.25, 0.3) is 0 Å². The van der Waals surface area contributed by atoms with Crippen LogP contribution in [0.1, 0.15) is 23.6 Å². The van der Waals surface area contributed by atoms with E-state index < -0.39 is 28.5 Å². The summed E-state index contributed by atoms with van der Waals surface area (Å²) in [5.74, 6) is -0.591. The van der Waals surface area contributed by atoms with Gasteiger partial charge in [0.1, 0.15) is 18.3 Å². The molecule has 236 valence electrons. The first kappa shape index (κ1) is 33.8. The van der Waals surface area contributed by atoms with Crippen LogP contribution in [0.4, 0.5) is 5.69 Å². The molecule has 0 spiro atoms. The van der Waals surface area contributed by atoms with Crippen molar-refractivity contribution in [3.8, 4) is 5.75 Å². The minimum absolute atomic E-state index is 0.00153. The summed E-state index contributed by atoms with van der Waals surface area (Å²) in [6.07, 6.45) is 0.213. The summed E-state index contributed by atoms with van der Waals surface area (Å²) in [6.45, 7) is 3.44. The van der Waals surface area contributed by atoms with E-state index in [4.69, 9.17) is 27.9 Å². The van der Waals surface area contributed by atoms with Gasteiger partial charge in [-0.2, -0.15) is 0 Å². The number of amides is 2. The topological polar surface area (TPSA) is 96.0 Å². The maximum atomic E-state index is 14.4. The average Bonchev–Trinajstić information content (AvgIpc) is 3.03. The molecule has 0 aromatic heterocycles. The Labute approximate surface area is 274 Å². The van der Waals surface area contributed by atoms with Gasteiger partial charge in [0.15, 0.2) is 0 Å². The van der Waals surface area contributed by atoms with E-state index in [0.717, 1.165) is 21.0 Å². The predicted molar refractivity (Wildman–Crippen MR) is 178 cm³/mol. The van der Waals surface area contributed by atoms with Crippen LogP contribution in [0, 0.1) is 6.92 Å². The molecular weight excluding hydrogens is 633 g/mol. The zero-order valence-corrected chi connectivity index (χ0v) is 27.6. The number of hydrogen-bond acceptors (Lipinski definition) is 5. The van der Waals surface area contributed by atoms with E-state index in [1.165, 1.54) is 42.3 Å². The van der Waals surface area contributed by atoms with Crippen LogP contribution in [0.3, 0.4) is 0 Å². The van der Waals surface area contributed by atoms with Crippen LogP contribution < -0.4 is 14.4 Å². The van der Waals surface area contributed by atoms with Gasteiger partial charge >= 0.3 is 0 Å². The number of methoxy groups -OCH3 is 1. The van der Waals surface area contributed by atoms with E-state index in [1.54, 1.807) is 43.3 Å². The highest BCUT2D eigenvalue weighted by Crippen LogP contribution is 2.32. The number of nitrogens with zero attached hydrogens (tertiary/aromatic N) is 2. The Morgan fingerprint density at radius 3 is 2.16 bits per heavy atom. The van der Waals surface area contributed by atoms with Crippen molar-refractivity contribution in [1.29, 1.82) is 0 Å². The Bertz CT molecular complexity index is 1720. The Morgan fingerprint density at radius 1 is 0.889 bits per heavy atom. The zero-order chi connectivity index (χ0) is 32.6. The van der Waals surface area contributed by atoms with Crippen LogP contribution in [0.15, 0.2) is 102 Å². The number of ether oxygens (including phenoxy) is 1. The van der Waals surface area contributed by atoms with Gasteiger partial charge in [0.25, 0.3) is 10.0 Å². The molecule has 4 aromatic carbocycles. The van der Waals surface area contributed by atoms with Crippen LogP contribution in [-0.2, 0) is 32.6 Å². The Morgan fingerprint density at radius 2 is 1.56 bits per heavy atom. The summed E-state index contributed by atoms with van der Waals surface area (Å²) >= 11 is 12.5. The number of likely N-dealkylation sites (N-methyl/N-ethyl adjacent to an activating group) is 1. The van der Waals surface area contributed by atoms with Crippen LogP contribution in [-0.4, -0.2) is 51.4 Å². The van der Waals surface area contributed by atoms with E-state index in [-0.39, 0.29) is 34.5 Å². The number of halogens is 2. The lowest BCUT2D eigenvalue weighted by molar-refractivity contribution is -0.140. The second-order valence-electron chi connectivity index (χ2n) is 10.4. The lowest BCUT2D eigenvalue weighted by Gasteiger charge is -2.34. The molecule has 4 rings (SSSR count). The molecule has 0 radical (unpaired) electrons. The van der Waals surface area contributed by atoms with Gasteiger partial charge in [-0.1, -0.05) is 83.4 Å². The Balaban J connectivity index is 1.81. The van der Waals surface area contributed by atoms with Crippen molar-refractivity contribution in [2.45, 2.75) is 37.8 Å². The highest BCUT2D eigenvalue weighted by atomic mass is 35.5. The monoisotopic (exact) mass is 667 g/mol. The fourth-order valence-electron chi connectivity index (χ4n) is 4.81. The van der Waals surface area contributed by atoms with E-state index in [2.05, 4.69) is 5.32 Å². The highest BCUT2D eigenvalue weighted by Gasteiger charge is 2.34. The third kappa shape index (κ3) is 8.57. The first-order chi connectivity index (χ1) is 21.5. The maximum absolute atomic E-state index is 14.4. The summed E-state index contributed by atoms with van der Waals surface area (Å²) in [5.41, 5.74) is 2.60. The van der Waals surface area contributed by atoms with Crippen molar-refractivity contribution < 1.29 is 22.7 Å². The van der Waals surface area contributed by atoms with Gasteiger partial charge in [0.2, 0.25) is 11.8 Å². The quantitative estimate of drug-likeness (QED) is 0.181. The van der Waals surface area contributed by atoms with Gasteiger partial charge in [-0.05, 0) is 67.4 Å². The lowest BCUT2D eigenvalue weighted by Crippen LogP contribution is -2.53. The summed E-state index contributed by atoms with van der Waals surface area (Å²) < 4.78 is 34.6. The van der Waals surface area contributed by atoms with Gasteiger partial charge < -0.3 is 15.0 Å². The number of rotatable bonds is 13. The molecule has 1 unspecified atom stereocenters. The highest BCUT2D eigenvalue weighted by molar-refractivity contribution is 7.92. The number of hydrogen-bond donors (Lipinski definition) is 1. The summed E-state index contributed by atoms with van der Waals surface area (Å²) in [6, 6.07) is 26.2. The van der Waals surface area contributed by atoms with Crippen molar-refractivity contribution in [2.75, 3.05) is 24.5 Å². The Hall–Kier alpha value is -4.05. The second kappa shape index (κ2) is 15.3. The van der Waals surface area contributed by atoms with Gasteiger partial charge in [-0.15, -0.1) is 0 Å². The normalized spacial score (nSPS) is 11.8. The number of carbonyl (C=O) groups excluding carboxylic acids is 2. The van der Waals surface area contributed by atoms with Crippen molar-refractivity contribution in [2.24, 2.45) is 0 Å². The lowest BCUT2D eigenvalue weighted by atomic mass is 10.0. The molecule has 0 heterocycles. The second-order valence-corrected chi connectivity index (χ2v) is 13.1. The van der Waals surface area contributed by atoms with Crippen LogP contribution in [0.2, 0.25) is 10.0 Å². The van der Waals surface area contributed by atoms with Gasteiger partial charge in [0, 0.05) is 24.5 Å². The smallest absolute Gasteiger partial charge is 0.264 e. The van der Waals surface area contributed by atoms with Gasteiger partial charge in [-0.3, -0.25) is 13.9 Å². The minimum Gasteiger partial charge on any atom is -0.495 e. The third-order valence-corrected chi connectivity index (χ3v) is 9.53. The van der Waals surface area contributed by atoms with Crippen molar-refractivity contribution in [1.82, 2.24) is 10.2 Å². The van der Waals surface area contributed by atoms with Crippen LogP contribution in [0.5, 0.6) is 5.75 Å². The number of anilines is 1. The molecule has 8 nitrogen and oxygen atoms in total. The first-order valence-electron chi connectivity index (χ1n) is 14.3. The molecule has 1 N–H and O–H groups in total. The fraction of sp³-hybridized carbons (Fsp3) is 0.235. The van der Waals surface area contributed by atoms with E-state index in [0.29, 0.717) is 17.3 Å². The van der Waals surface area contributed by atoms with E-state index >= 15 is 0 Å². The summed E-state index contributed by atoms with van der Waals surface area (Å²) in [5, 5.41) is 3.54. The first-order valence-corrected chi connectivity index (χ1v) is 16.5. The van der Waals surface area contributed by atoms with Crippen LogP contribution >= 0.6 is 23.2 Å². The molecule has 0 saturated heterocycles. The fourth-order valence-corrected chi connectivity index (χ4v) is 6.59. The van der Waals surface area contributed by atoms with Gasteiger partial charge in [-0.25, -0.2) is 8.42 Å². The molecule has 1 atom stereocenters. The van der Waals surface area contributed by atoms with Crippen molar-refractivity contribution in [3.05, 3.63) is 124 Å². The molecule has 2 amide bonds. The van der Waals surface area contributed by atoms with E-state index in [1.807, 2.05) is 37.3 Å². The van der Waals surface area contributed by atoms with Crippen molar-refractivity contribution >= 4 is 50.7 Å². The number of carbonyl (C=O) groups is 2. The molecule has 0 aliphatic rings. The zero-order valence-electron chi connectivity index (χ0n) is 25.2. The molecule has 0 aliphatic carbocycles. The summed E-state index contributed by atoms with van der Waals surface area (Å²) in [7, 11) is -2.81. The maximum Gasteiger partial charge on any atom is 0.264 e. The molecule has 0 aliphatic heterocycles. The van der Waals surface area contributed by atoms with Crippen molar-refractivity contribution in [3.63, 3.8) is 0 Å². The number of nitrogens with one attached hydrogen (secondary N) is 1. The Kier molecular flexibility index (Phi) is 11.5. The number of benzene rings is 4. The summed E-state index contributed by atoms with van der Waals surface area (Å²) in [4.78, 5) is 29.4. The molecule has 11 heteroatoms. The van der Waals surface area contributed by atoms with Gasteiger partial charge in [0.05, 0.1) is 22.7 Å². The average molecular weight is 669 g/mol. The molecule has 0 bridgehead atoms. The number of sulfonamides is 1. The molecule has 0 saturated carbocycles. The molecule has 0 fully saturated rings. The predicted octanol–water partition coefficient (Wildman–Crippen LogP) is 6.28. The third-order valence-electron chi connectivity index (χ3n) is 7.20. The molecule has 45 heavy (non-hydrogen) atoms. The molecule has 4 aromatic rings. The SMILES string of the molecule is CCNC(=O)C(Cc1ccccc1)N(Cc1ccc(Cl)cc1)C(=O)CN(c1ccc(OC)c(Cl)c1)S(=O)(=O)c1ccc(C)cc1.